The maximum Gasteiger partial charge on any atom is 0.252 e. The van der Waals surface area contributed by atoms with Gasteiger partial charge in [0.1, 0.15) is 11.9 Å². The Labute approximate surface area is 136 Å². The molecule has 0 bridgehead atoms. The molecular formula is C17H25N3O3. The molecule has 6 heteroatoms. The topological polar surface area (TPSA) is 56.6 Å². The van der Waals surface area contributed by atoms with Gasteiger partial charge in [-0.3, -0.25) is 4.79 Å². The fourth-order valence-corrected chi connectivity index (χ4v) is 3.48. The van der Waals surface area contributed by atoms with Gasteiger partial charge in [-0.1, -0.05) is 0 Å². The number of aromatic nitrogens is 2. The summed E-state index contributed by atoms with van der Waals surface area (Å²) in [6.07, 6.45) is 7.99. The van der Waals surface area contributed by atoms with Crippen molar-refractivity contribution in [1.29, 1.82) is 0 Å². The minimum absolute atomic E-state index is 0.117. The van der Waals surface area contributed by atoms with Gasteiger partial charge in [-0.25, -0.2) is 4.98 Å². The van der Waals surface area contributed by atoms with Gasteiger partial charge in [-0.2, -0.15) is 0 Å². The smallest absolute Gasteiger partial charge is 0.252 e. The van der Waals surface area contributed by atoms with Gasteiger partial charge in [0.2, 0.25) is 0 Å². The van der Waals surface area contributed by atoms with Crippen molar-refractivity contribution in [3.63, 3.8) is 0 Å². The van der Waals surface area contributed by atoms with Crippen molar-refractivity contribution in [2.75, 3.05) is 26.4 Å². The minimum atomic E-state index is -0.260. The van der Waals surface area contributed by atoms with Crippen LogP contribution in [0.25, 0.3) is 0 Å². The number of nitrogens with zero attached hydrogens (tertiary/aromatic N) is 3. The Morgan fingerprint density at radius 3 is 2.91 bits per heavy atom. The first-order valence-corrected chi connectivity index (χ1v) is 8.78. The Bertz CT molecular complexity index is 549. The molecule has 2 atom stereocenters. The molecule has 0 aromatic carbocycles. The standard InChI is InChI=1S/C17H25N3O3/c21-17(15-2-1-7-23-15)20-9-14(12-22-11-13-3-4-13)8-19-6-5-18-16(19)10-20/h5-6,13-15H,1-4,7-12H2/t14-,15-/m0/s1. The van der Waals surface area contributed by atoms with E-state index < -0.39 is 0 Å². The molecule has 23 heavy (non-hydrogen) atoms. The van der Waals surface area contributed by atoms with E-state index in [0.29, 0.717) is 25.7 Å². The second-order valence-electron chi connectivity index (χ2n) is 7.06. The average molecular weight is 319 g/mol. The Morgan fingerprint density at radius 2 is 2.13 bits per heavy atom. The first kappa shape index (κ1) is 15.1. The molecule has 1 aromatic rings. The van der Waals surface area contributed by atoms with E-state index >= 15 is 0 Å². The van der Waals surface area contributed by atoms with Crippen LogP contribution in [0.5, 0.6) is 0 Å². The third-order valence-electron chi connectivity index (χ3n) is 4.99. The number of hydrogen-bond acceptors (Lipinski definition) is 4. The van der Waals surface area contributed by atoms with Crippen LogP contribution >= 0.6 is 0 Å². The van der Waals surface area contributed by atoms with Gasteiger partial charge >= 0.3 is 0 Å². The van der Waals surface area contributed by atoms with Gasteiger partial charge in [-0.15, -0.1) is 0 Å². The van der Waals surface area contributed by atoms with Crippen LogP contribution < -0.4 is 0 Å². The van der Waals surface area contributed by atoms with E-state index in [1.807, 2.05) is 17.3 Å². The third kappa shape index (κ3) is 3.58. The summed E-state index contributed by atoms with van der Waals surface area (Å²) in [5, 5.41) is 0. The lowest BCUT2D eigenvalue weighted by Gasteiger charge is -2.26. The zero-order valence-electron chi connectivity index (χ0n) is 13.5. The summed E-state index contributed by atoms with van der Waals surface area (Å²) in [5.74, 6) is 2.16. The first-order valence-electron chi connectivity index (χ1n) is 8.78. The van der Waals surface area contributed by atoms with Crippen LogP contribution in [0.2, 0.25) is 0 Å². The van der Waals surface area contributed by atoms with Crippen LogP contribution in [0, 0.1) is 11.8 Å². The number of amides is 1. The second-order valence-corrected chi connectivity index (χ2v) is 7.06. The minimum Gasteiger partial charge on any atom is -0.381 e. The lowest BCUT2D eigenvalue weighted by molar-refractivity contribution is -0.142. The normalized spacial score (nSPS) is 27.7. The molecule has 1 aliphatic carbocycles. The number of carbonyl (C=O) groups excluding carboxylic acids is 1. The molecule has 1 saturated carbocycles. The monoisotopic (exact) mass is 319 g/mol. The molecule has 0 radical (unpaired) electrons. The van der Waals surface area contributed by atoms with Crippen LogP contribution in [0.3, 0.4) is 0 Å². The maximum atomic E-state index is 12.7. The van der Waals surface area contributed by atoms with E-state index in [1.54, 1.807) is 0 Å². The Morgan fingerprint density at radius 1 is 1.26 bits per heavy atom. The molecule has 3 heterocycles. The fraction of sp³-hybridized carbons (Fsp3) is 0.765. The van der Waals surface area contributed by atoms with Crippen molar-refractivity contribution in [2.45, 2.75) is 44.9 Å². The summed E-state index contributed by atoms with van der Waals surface area (Å²) in [6.45, 7) is 4.45. The van der Waals surface area contributed by atoms with Crippen LogP contribution in [-0.4, -0.2) is 52.8 Å². The molecule has 1 aromatic heterocycles. The van der Waals surface area contributed by atoms with E-state index in [2.05, 4.69) is 9.55 Å². The van der Waals surface area contributed by atoms with E-state index in [4.69, 9.17) is 9.47 Å². The maximum absolute atomic E-state index is 12.7. The number of imidazole rings is 1. The Kier molecular flexibility index (Phi) is 4.35. The number of carbonyl (C=O) groups is 1. The summed E-state index contributed by atoms with van der Waals surface area (Å²) in [7, 11) is 0. The van der Waals surface area contributed by atoms with E-state index in [-0.39, 0.29) is 12.0 Å². The van der Waals surface area contributed by atoms with Crippen LogP contribution in [0.4, 0.5) is 0 Å². The first-order chi connectivity index (χ1) is 11.3. The van der Waals surface area contributed by atoms with Gasteiger partial charge in [0.25, 0.3) is 5.91 Å². The predicted molar refractivity (Wildman–Crippen MR) is 83.7 cm³/mol. The number of ether oxygens (including phenoxy) is 2. The van der Waals surface area contributed by atoms with Gasteiger partial charge in [0.05, 0.1) is 13.2 Å². The average Bonchev–Trinajstić information content (AvgIpc) is 3.07. The van der Waals surface area contributed by atoms with E-state index in [0.717, 1.165) is 44.3 Å². The number of fused-ring (bicyclic) bond motifs is 1. The van der Waals surface area contributed by atoms with Gasteiger partial charge in [0.15, 0.2) is 0 Å². The second kappa shape index (κ2) is 6.61. The zero-order valence-corrected chi connectivity index (χ0v) is 13.5. The molecule has 126 valence electrons. The zero-order chi connectivity index (χ0) is 15.6. The lowest BCUT2D eigenvalue weighted by Crippen LogP contribution is -2.41. The van der Waals surface area contributed by atoms with Crippen LogP contribution in [-0.2, 0) is 27.4 Å². The van der Waals surface area contributed by atoms with Crippen molar-refractivity contribution in [1.82, 2.24) is 14.5 Å². The summed E-state index contributed by atoms with van der Waals surface area (Å²) < 4.78 is 13.6. The quantitative estimate of drug-likeness (QED) is 0.824. The highest BCUT2D eigenvalue weighted by Crippen LogP contribution is 2.29. The molecular weight excluding hydrogens is 294 g/mol. The van der Waals surface area contributed by atoms with Crippen molar-refractivity contribution in [3.05, 3.63) is 18.2 Å². The Balaban J connectivity index is 1.43. The van der Waals surface area contributed by atoms with Crippen molar-refractivity contribution >= 4 is 5.91 Å². The summed E-state index contributed by atoms with van der Waals surface area (Å²) in [6, 6.07) is 0. The lowest BCUT2D eigenvalue weighted by atomic mass is 10.1. The highest BCUT2D eigenvalue weighted by Gasteiger charge is 2.32. The van der Waals surface area contributed by atoms with Crippen LogP contribution in [0.15, 0.2) is 12.4 Å². The molecule has 0 unspecified atom stereocenters. The molecule has 2 fully saturated rings. The molecule has 6 nitrogen and oxygen atoms in total. The molecule has 0 N–H and O–H groups in total. The molecule has 4 rings (SSSR count). The number of rotatable bonds is 5. The van der Waals surface area contributed by atoms with Gasteiger partial charge in [-0.05, 0) is 31.6 Å². The predicted octanol–water partition coefficient (Wildman–Crippen LogP) is 1.45. The van der Waals surface area contributed by atoms with Crippen molar-refractivity contribution in [2.24, 2.45) is 11.8 Å². The van der Waals surface area contributed by atoms with Gasteiger partial charge in [0, 0.05) is 44.6 Å². The van der Waals surface area contributed by atoms with Crippen LogP contribution in [0.1, 0.15) is 31.5 Å². The molecule has 0 spiro atoms. The molecule has 3 aliphatic rings. The highest BCUT2D eigenvalue weighted by molar-refractivity contribution is 5.81. The van der Waals surface area contributed by atoms with E-state index in [9.17, 15) is 4.79 Å². The molecule has 2 aliphatic heterocycles. The molecule has 1 saturated heterocycles. The highest BCUT2D eigenvalue weighted by atomic mass is 16.5. The summed E-state index contributed by atoms with van der Waals surface area (Å²) >= 11 is 0. The van der Waals surface area contributed by atoms with E-state index in [1.165, 1.54) is 12.8 Å². The fourth-order valence-electron chi connectivity index (χ4n) is 3.48. The third-order valence-corrected chi connectivity index (χ3v) is 4.99. The van der Waals surface area contributed by atoms with Crippen molar-refractivity contribution in [3.8, 4) is 0 Å². The Hall–Kier alpha value is -1.40. The SMILES string of the molecule is O=C([C@@H]1CCCO1)N1Cc2nccn2C[C@H](COCC2CC2)C1. The molecule has 1 amide bonds. The van der Waals surface area contributed by atoms with Gasteiger partial charge < -0.3 is 18.9 Å². The summed E-state index contributed by atoms with van der Waals surface area (Å²) in [5.41, 5.74) is 0. The van der Waals surface area contributed by atoms with Crippen molar-refractivity contribution < 1.29 is 14.3 Å². The largest absolute Gasteiger partial charge is 0.381 e. The number of hydrogen-bond donors (Lipinski definition) is 0. The summed E-state index contributed by atoms with van der Waals surface area (Å²) in [4.78, 5) is 19.1.